The minimum Gasteiger partial charge on any atom is -0.383 e. The van der Waals surface area contributed by atoms with Gasteiger partial charge in [-0.05, 0) is 45.7 Å². The van der Waals surface area contributed by atoms with Gasteiger partial charge in [0.05, 0.1) is 11.9 Å². The molecule has 0 bridgehead atoms. The highest BCUT2D eigenvalue weighted by atomic mass is 16.3. The molecule has 1 N–H and O–H groups in total. The van der Waals surface area contributed by atoms with E-state index in [1.54, 1.807) is 6.20 Å². The van der Waals surface area contributed by atoms with E-state index in [4.69, 9.17) is 0 Å². The summed E-state index contributed by atoms with van der Waals surface area (Å²) in [6.45, 7) is 8.16. The molecule has 1 fully saturated rings. The first-order valence-corrected chi connectivity index (χ1v) is 7.03. The van der Waals surface area contributed by atoms with Crippen molar-refractivity contribution in [1.82, 2.24) is 19.9 Å². The Bertz CT molecular complexity index is 379. The largest absolute Gasteiger partial charge is 0.383 e. The third-order valence-corrected chi connectivity index (χ3v) is 3.84. The fourth-order valence-corrected chi connectivity index (χ4v) is 2.82. The lowest BCUT2D eigenvalue weighted by Gasteiger charge is -2.27. The predicted octanol–water partition coefficient (Wildman–Crippen LogP) is 1.38. The highest BCUT2D eigenvalue weighted by Gasteiger charge is 2.34. The molecule has 1 unspecified atom stereocenters. The van der Waals surface area contributed by atoms with Crippen LogP contribution in [0.15, 0.2) is 6.20 Å². The molecule has 2 heterocycles. The van der Waals surface area contributed by atoms with Crippen molar-refractivity contribution in [3.8, 4) is 0 Å². The van der Waals surface area contributed by atoms with Gasteiger partial charge in [-0.2, -0.15) is 0 Å². The first-order valence-electron chi connectivity index (χ1n) is 7.03. The van der Waals surface area contributed by atoms with Gasteiger partial charge in [0.1, 0.15) is 5.60 Å². The summed E-state index contributed by atoms with van der Waals surface area (Å²) < 4.78 is 1.81. The average Bonchev–Trinajstić information content (AvgIpc) is 2.77. The molecule has 1 aliphatic rings. The monoisotopic (exact) mass is 252 g/mol. The Morgan fingerprint density at radius 2 is 2.17 bits per heavy atom. The molecule has 0 amide bonds. The number of hydrogen-bond donors (Lipinski definition) is 1. The van der Waals surface area contributed by atoms with Gasteiger partial charge in [-0.1, -0.05) is 12.1 Å². The lowest BCUT2D eigenvalue weighted by molar-refractivity contribution is 0.0126. The van der Waals surface area contributed by atoms with E-state index in [0.29, 0.717) is 0 Å². The van der Waals surface area contributed by atoms with Crippen molar-refractivity contribution in [1.29, 1.82) is 0 Å². The highest BCUT2D eigenvalue weighted by molar-refractivity contribution is 5.09. The lowest BCUT2D eigenvalue weighted by atomic mass is 9.91. The molecule has 1 atom stereocenters. The molecule has 5 nitrogen and oxygen atoms in total. The van der Waals surface area contributed by atoms with Crippen LogP contribution in [0.2, 0.25) is 0 Å². The molecule has 1 saturated heterocycles. The van der Waals surface area contributed by atoms with Gasteiger partial charge in [0.2, 0.25) is 0 Å². The lowest BCUT2D eigenvalue weighted by Crippen LogP contribution is -2.31. The second kappa shape index (κ2) is 5.80. The van der Waals surface area contributed by atoms with E-state index in [2.05, 4.69) is 22.1 Å². The number of aliphatic hydroxyl groups is 1. The van der Waals surface area contributed by atoms with Crippen LogP contribution in [0, 0.1) is 0 Å². The first-order chi connectivity index (χ1) is 8.69. The SMILES string of the molecule is CCCN1CCCC(O)(c2cnnn2CC)CC1. The van der Waals surface area contributed by atoms with E-state index in [-0.39, 0.29) is 0 Å². The van der Waals surface area contributed by atoms with Gasteiger partial charge in [0, 0.05) is 13.1 Å². The Morgan fingerprint density at radius 1 is 1.33 bits per heavy atom. The van der Waals surface area contributed by atoms with Crippen molar-refractivity contribution in [2.45, 2.75) is 51.7 Å². The van der Waals surface area contributed by atoms with Gasteiger partial charge in [0.15, 0.2) is 0 Å². The normalized spacial score (nSPS) is 26.2. The third-order valence-electron chi connectivity index (χ3n) is 3.84. The summed E-state index contributed by atoms with van der Waals surface area (Å²) in [6, 6.07) is 0. The maximum atomic E-state index is 10.9. The molecule has 1 aliphatic heterocycles. The van der Waals surface area contributed by atoms with Crippen LogP contribution >= 0.6 is 0 Å². The van der Waals surface area contributed by atoms with Gasteiger partial charge < -0.3 is 10.0 Å². The Hall–Kier alpha value is -0.940. The fourth-order valence-electron chi connectivity index (χ4n) is 2.82. The van der Waals surface area contributed by atoms with Gasteiger partial charge in [0.25, 0.3) is 0 Å². The van der Waals surface area contributed by atoms with Crippen LogP contribution in [0.1, 0.15) is 45.2 Å². The highest BCUT2D eigenvalue weighted by Crippen LogP contribution is 2.32. The molecule has 1 aromatic rings. The zero-order valence-electron chi connectivity index (χ0n) is 11.5. The van der Waals surface area contributed by atoms with E-state index in [0.717, 1.165) is 51.1 Å². The van der Waals surface area contributed by atoms with Gasteiger partial charge in [-0.25, -0.2) is 4.68 Å². The van der Waals surface area contributed by atoms with Crippen molar-refractivity contribution < 1.29 is 5.11 Å². The third kappa shape index (κ3) is 2.72. The maximum absolute atomic E-state index is 10.9. The molecule has 0 radical (unpaired) electrons. The molecule has 5 heteroatoms. The summed E-state index contributed by atoms with van der Waals surface area (Å²) in [4.78, 5) is 2.44. The Balaban J connectivity index is 2.11. The summed E-state index contributed by atoms with van der Waals surface area (Å²) in [5.74, 6) is 0. The Labute approximate surface area is 109 Å². The maximum Gasteiger partial charge on any atom is 0.109 e. The molecule has 1 aromatic heterocycles. The molecular formula is C13H24N4O. The van der Waals surface area contributed by atoms with Gasteiger partial charge in [-0.3, -0.25) is 0 Å². The number of likely N-dealkylation sites (tertiary alicyclic amines) is 1. The summed E-state index contributed by atoms with van der Waals surface area (Å²) in [6.07, 6.45) is 5.51. The van der Waals surface area contributed by atoms with Crippen LogP contribution in [0.3, 0.4) is 0 Å². The molecule has 0 aromatic carbocycles. The minimum atomic E-state index is -0.748. The van der Waals surface area contributed by atoms with Gasteiger partial charge >= 0.3 is 0 Å². The average molecular weight is 252 g/mol. The second-order valence-corrected chi connectivity index (χ2v) is 5.16. The van der Waals surface area contributed by atoms with Gasteiger partial charge in [-0.15, -0.1) is 5.10 Å². The topological polar surface area (TPSA) is 54.2 Å². The standard InChI is InChI=1S/C13H24N4O/c1-3-8-16-9-5-6-13(18,7-10-16)12-11-14-15-17(12)4-2/h11,18H,3-10H2,1-2H3. The van der Waals surface area contributed by atoms with Crippen molar-refractivity contribution in [3.63, 3.8) is 0 Å². The van der Waals surface area contributed by atoms with Crippen LogP contribution in [0.5, 0.6) is 0 Å². The summed E-state index contributed by atoms with van der Waals surface area (Å²) in [5, 5.41) is 18.9. The number of aromatic nitrogens is 3. The van der Waals surface area contributed by atoms with E-state index >= 15 is 0 Å². The van der Waals surface area contributed by atoms with E-state index < -0.39 is 5.60 Å². The van der Waals surface area contributed by atoms with Crippen LogP contribution in [-0.2, 0) is 12.1 Å². The number of hydrogen-bond acceptors (Lipinski definition) is 4. The predicted molar refractivity (Wildman–Crippen MR) is 70.2 cm³/mol. The number of rotatable bonds is 4. The fraction of sp³-hybridized carbons (Fsp3) is 0.846. The van der Waals surface area contributed by atoms with Crippen LogP contribution in [0.25, 0.3) is 0 Å². The molecule has 0 aliphatic carbocycles. The van der Waals surface area contributed by atoms with Crippen LogP contribution < -0.4 is 0 Å². The van der Waals surface area contributed by atoms with Crippen molar-refractivity contribution >= 4 is 0 Å². The van der Waals surface area contributed by atoms with Crippen molar-refractivity contribution in [3.05, 3.63) is 11.9 Å². The van der Waals surface area contributed by atoms with Crippen molar-refractivity contribution in [2.75, 3.05) is 19.6 Å². The second-order valence-electron chi connectivity index (χ2n) is 5.16. The first kappa shape index (κ1) is 13.5. The minimum absolute atomic E-state index is 0.748. The van der Waals surface area contributed by atoms with Crippen molar-refractivity contribution in [2.24, 2.45) is 0 Å². The molecule has 0 spiro atoms. The smallest absolute Gasteiger partial charge is 0.109 e. The molecule has 0 saturated carbocycles. The Kier molecular flexibility index (Phi) is 4.35. The van der Waals surface area contributed by atoms with Crippen LogP contribution in [-0.4, -0.2) is 44.6 Å². The molecule has 102 valence electrons. The summed E-state index contributed by atoms with van der Waals surface area (Å²) >= 11 is 0. The van der Waals surface area contributed by atoms with E-state index in [1.807, 2.05) is 11.6 Å². The zero-order valence-corrected chi connectivity index (χ0v) is 11.5. The quantitative estimate of drug-likeness (QED) is 0.879. The molecular weight excluding hydrogens is 228 g/mol. The van der Waals surface area contributed by atoms with Crippen LogP contribution in [0.4, 0.5) is 0 Å². The summed E-state index contributed by atoms with van der Waals surface area (Å²) in [5.41, 5.74) is 0.130. The number of aryl methyl sites for hydroxylation is 1. The molecule has 18 heavy (non-hydrogen) atoms. The van der Waals surface area contributed by atoms with E-state index in [1.165, 1.54) is 6.42 Å². The number of nitrogens with zero attached hydrogens (tertiary/aromatic N) is 4. The van der Waals surface area contributed by atoms with E-state index in [9.17, 15) is 5.11 Å². The Morgan fingerprint density at radius 3 is 2.89 bits per heavy atom. The zero-order chi connectivity index (χ0) is 13.0. The summed E-state index contributed by atoms with van der Waals surface area (Å²) in [7, 11) is 0. The molecule has 2 rings (SSSR count).